The number of carboxylic acid groups (broad SMARTS) is 1. The first-order chi connectivity index (χ1) is 9.21. The lowest BCUT2D eigenvalue weighted by molar-refractivity contribution is 0.0695. The van der Waals surface area contributed by atoms with Crippen molar-refractivity contribution in [2.75, 3.05) is 7.05 Å². The molecule has 0 saturated heterocycles. The van der Waals surface area contributed by atoms with Gasteiger partial charge in [0.05, 0.1) is 10.5 Å². The van der Waals surface area contributed by atoms with Gasteiger partial charge in [-0.3, -0.25) is 0 Å². The second-order valence-electron chi connectivity index (χ2n) is 4.61. The molecule has 112 valence electrons. The van der Waals surface area contributed by atoms with Crippen molar-refractivity contribution < 1.29 is 18.3 Å². The van der Waals surface area contributed by atoms with Crippen LogP contribution in [0, 0.1) is 0 Å². The maximum Gasteiger partial charge on any atom is 0.336 e. The predicted molar refractivity (Wildman–Crippen MR) is 80.4 cm³/mol. The maximum absolute atomic E-state index is 12.5. The Kier molecular flexibility index (Phi) is 5.73. The lowest BCUT2D eigenvalue weighted by Crippen LogP contribution is -2.35. The molecule has 0 spiro atoms. The van der Waals surface area contributed by atoms with E-state index in [9.17, 15) is 13.2 Å². The highest BCUT2D eigenvalue weighted by Gasteiger charge is 2.26. The van der Waals surface area contributed by atoms with E-state index in [1.165, 1.54) is 29.6 Å². The molecule has 0 aliphatic carbocycles. The number of nitrogens with zero attached hydrogens (tertiary/aromatic N) is 1. The molecule has 0 aliphatic heterocycles. The Hall–Kier alpha value is -0.920. The number of carboxylic acids is 1. The van der Waals surface area contributed by atoms with Crippen LogP contribution < -0.4 is 0 Å². The van der Waals surface area contributed by atoms with Gasteiger partial charge >= 0.3 is 5.97 Å². The Labute approximate surface area is 127 Å². The lowest BCUT2D eigenvalue weighted by atomic mass is 10.2. The molecule has 1 rings (SSSR count). The zero-order chi connectivity index (χ0) is 15.5. The van der Waals surface area contributed by atoms with Gasteiger partial charge in [0.25, 0.3) is 0 Å². The fourth-order valence-electron chi connectivity index (χ4n) is 1.83. The van der Waals surface area contributed by atoms with Crippen molar-refractivity contribution in [3.63, 3.8) is 0 Å². The van der Waals surface area contributed by atoms with Gasteiger partial charge in [0.1, 0.15) is 0 Å². The number of halogens is 1. The molecule has 0 radical (unpaired) electrons. The van der Waals surface area contributed by atoms with Crippen molar-refractivity contribution in [2.45, 2.75) is 37.6 Å². The molecule has 7 heteroatoms. The van der Waals surface area contributed by atoms with Gasteiger partial charge in [0, 0.05) is 17.6 Å². The number of hydrogen-bond donors (Lipinski definition) is 1. The molecule has 0 amide bonds. The van der Waals surface area contributed by atoms with Gasteiger partial charge in [0.15, 0.2) is 0 Å². The third-order valence-electron chi connectivity index (χ3n) is 3.17. The van der Waals surface area contributed by atoms with Crippen LogP contribution in [0.15, 0.2) is 27.6 Å². The molecule has 1 N–H and O–H groups in total. The van der Waals surface area contributed by atoms with Crippen molar-refractivity contribution in [1.82, 2.24) is 4.31 Å². The fourth-order valence-corrected chi connectivity index (χ4v) is 3.67. The van der Waals surface area contributed by atoms with Gasteiger partial charge in [-0.2, -0.15) is 4.31 Å². The highest BCUT2D eigenvalue weighted by atomic mass is 79.9. The standard InChI is InChI=1S/C13H18BrNO4S/c1-4-5-9(2)15(3)20(18,19)10-6-7-12(14)11(8-10)13(16)17/h6-9H,4-5H2,1-3H3,(H,16,17). The SMILES string of the molecule is CCCC(C)N(C)S(=O)(=O)c1ccc(Br)c(C(=O)O)c1. The second-order valence-corrected chi connectivity index (χ2v) is 7.46. The number of benzene rings is 1. The summed E-state index contributed by atoms with van der Waals surface area (Å²) < 4.78 is 26.5. The van der Waals surface area contributed by atoms with E-state index in [0.29, 0.717) is 4.47 Å². The minimum atomic E-state index is -3.68. The monoisotopic (exact) mass is 363 g/mol. The summed E-state index contributed by atoms with van der Waals surface area (Å²) in [4.78, 5) is 11.1. The van der Waals surface area contributed by atoms with Crippen LogP contribution in [-0.2, 0) is 10.0 Å². The van der Waals surface area contributed by atoms with E-state index in [4.69, 9.17) is 5.11 Å². The molecule has 0 saturated carbocycles. The van der Waals surface area contributed by atoms with Crippen LogP contribution in [0.25, 0.3) is 0 Å². The zero-order valence-electron chi connectivity index (χ0n) is 11.6. The molecule has 20 heavy (non-hydrogen) atoms. The molecule has 0 bridgehead atoms. The fraction of sp³-hybridized carbons (Fsp3) is 0.462. The van der Waals surface area contributed by atoms with Gasteiger partial charge < -0.3 is 5.11 Å². The quantitative estimate of drug-likeness (QED) is 0.842. The van der Waals surface area contributed by atoms with Crippen LogP contribution in [0.2, 0.25) is 0 Å². The van der Waals surface area contributed by atoms with Crippen molar-refractivity contribution in [2.24, 2.45) is 0 Å². The molecule has 0 aliphatic rings. The summed E-state index contributed by atoms with van der Waals surface area (Å²) in [6.07, 6.45) is 1.62. The number of sulfonamides is 1. The molecule has 0 aromatic heterocycles. The Morgan fingerprint density at radius 3 is 2.55 bits per heavy atom. The van der Waals surface area contributed by atoms with Crippen LogP contribution in [0.1, 0.15) is 37.0 Å². The first kappa shape index (κ1) is 17.1. The van der Waals surface area contributed by atoms with E-state index in [-0.39, 0.29) is 16.5 Å². The molecule has 5 nitrogen and oxygen atoms in total. The highest BCUT2D eigenvalue weighted by molar-refractivity contribution is 9.10. The molecule has 1 aromatic rings. The molecule has 0 heterocycles. The second kappa shape index (κ2) is 6.69. The van der Waals surface area contributed by atoms with Gasteiger partial charge in [-0.15, -0.1) is 0 Å². The van der Waals surface area contributed by atoms with E-state index >= 15 is 0 Å². The largest absolute Gasteiger partial charge is 0.478 e. The first-order valence-electron chi connectivity index (χ1n) is 6.22. The van der Waals surface area contributed by atoms with Crippen molar-refractivity contribution in [1.29, 1.82) is 0 Å². The smallest absolute Gasteiger partial charge is 0.336 e. The highest BCUT2D eigenvalue weighted by Crippen LogP contribution is 2.24. The van der Waals surface area contributed by atoms with Gasteiger partial charge in [-0.25, -0.2) is 13.2 Å². The molecule has 0 fully saturated rings. The average Bonchev–Trinajstić information content (AvgIpc) is 2.37. The lowest BCUT2D eigenvalue weighted by Gasteiger charge is -2.24. The predicted octanol–water partition coefficient (Wildman–Crippen LogP) is 2.96. The summed E-state index contributed by atoms with van der Waals surface area (Å²) in [6.45, 7) is 3.82. The Morgan fingerprint density at radius 2 is 2.05 bits per heavy atom. The van der Waals surface area contributed by atoms with Gasteiger partial charge in [-0.05, 0) is 47.5 Å². The van der Waals surface area contributed by atoms with Crippen LogP contribution in [-0.4, -0.2) is 36.9 Å². The van der Waals surface area contributed by atoms with Crippen molar-refractivity contribution in [3.8, 4) is 0 Å². The third-order valence-corrected chi connectivity index (χ3v) is 5.83. The molecule has 1 atom stereocenters. The molecular formula is C13H18BrNO4S. The summed E-state index contributed by atoms with van der Waals surface area (Å²) in [6, 6.07) is 3.88. The average molecular weight is 364 g/mol. The summed E-state index contributed by atoms with van der Waals surface area (Å²) in [7, 11) is -2.17. The van der Waals surface area contributed by atoms with E-state index < -0.39 is 16.0 Å². The van der Waals surface area contributed by atoms with Gasteiger partial charge in [0.2, 0.25) is 10.0 Å². The number of aromatic carboxylic acids is 1. The summed E-state index contributed by atoms with van der Waals surface area (Å²) >= 11 is 3.10. The third kappa shape index (κ3) is 3.59. The minimum Gasteiger partial charge on any atom is -0.478 e. The van der Waals surface area contributed by atoms with E-state index in [2.05, 4.69) is 15.9 Å². The van der Waals surface area contributed by atoms with E-state index in [1.807, 2.05) is 13.8 Å². The molecular weight excluding hydrogens is 346 g/mol. The van der Waals surface area contributed by atoms with Crippen molar-refractivity contribution in [3.05, 3.63) is 28.2 Å². The normalized spacial score (nSPS) is 13.4. The van der Waals surface area contributed by atoms with Crippen LogP contribution in [0.3, 0.4) is 0 Å². The van der Waals surface area contributed by atoms with Crippen molar-refractivity contribution >= 4 is 31.9 Å². The summed E-state index contributed by atoms with van der Waals surface area (Å²) in [5.74, 6) is -1.17. The summed E-state index contributed by atoms with van der Waals surface area (Å²) in [5, 5.41) is 9.05. The summed E-state index contributed by atoms with van der Waals surface area (Å²) in [5.41, 5.74) is -0.0670. The molecule has 1 unspecified atom stereocenters. The number of carbonyl (C=O) groups is 1. The van der Waals surface area contributed by atoms with Crippen LogP contribution in [0.5, 0.6) is 0 Å². The topological polar surface area (TPSA) is 74.7 Å². The van der Waals surface area contributed by atoms with Crippen LogP contribution >= 0.6 is 15.9 Å². The first-order valence-corrected chi connectivity index (χ1v) is 8.46. The maximum atomic E-state index is 12.5. The minimum absolute atomic E-state index is 0.0106. The van der Waals surface area contributed by atoms with E-state index in [0.717, 1.165) is 12.8 Å². The van der Waals surface area contributed by atoms with Crippen LogP contribution in [0.4, 0.5) is 0 Å². The Balaban J connectivity index is 3.22. The number of rotatable bonds is 6. The molecule has 1 aromatic carbocycles. The Morgan fingerprint density at radius 1 is 1.45 bits per heavy atom. The van der Waals surface area contributed by atoms with Gasteiger partial charge in [-0.1, -0.05) is 13.3 Å². The van der Waals surface area contributed by atoms with E-state index in [1.54, 1.807) is 0 Å². The number of hydrogen-bond acceptors (Lipinski definition) is 3. The zero-order valence-corrected chi connectivity index (χ0v) is 14.0. The Bertz CT molecular complexity index is 600.